The van der Waals surface area contributed by atoms with Crippen molar-refractivity contribution in [1.82, 2.24) is 4.31 Å². The number of sulfonamides is 1. The summed E-state index contributed by atoms with van der Waals surface area (Å²) in [6, 6.07) is 13.5. The van der Waals surface area contributed by atoms with E-state index in [0.717, 1.165) is 18.4 Å². The number of carbonyl (C=O) groups is 1. The number of hydrogen-bond donors (Lipinski definition) is 1. The molecule has 1 N–H and O–H groups in total. The topological polar surface area (TPSA) is 75.7 Å². The average molecular weight is 388 g/mol. The Morgan fingerprint density at radius 1 is 1.15 bits per heavy atom. The fraction of sp³-hybridized carbons (Fsp3) is 0.350. The molecule has 2 aromatic rings. The Balaban J connectivity index is 1.68. The molecule has 1 aliphatic heterocycles. The van der Waals surface area contributed by atoms with Crippen molar-refractivity contribution in [3.8, 4) is 0 Å². The van der Waals surface area contributed by atoms with Crippen molar-refractivity contribution >= 4 is 21.6 Å². The highest BCUT2D eigenvalue weighted by molar-refractivity contribution is 7.89. The van der Waals surface area contributed by atoms with Gasteiger partial charge in [0.25, 0.3) is 5.91 Å². The average Bonchev–Trinajstić information content (AvgIpc) is 3.16. The van der Waals surface area contributed by atoms with Crippen LogP contribution in [0.4, 0.5) is 5.69 Å². The molecule has 1 amide bonds. The maximum absolute atomic E-state index is 12.7. The number of carbonyl (C=O) groups excluding carboxylic acids is 1. The molecule has 0 spiro atoms. The van der Waals surface area contributed by atoms with Crippen molar-refractivity contribution in [2.75, 3.05) is 25.5 Å². The molecule has 7 heteroatoms. The smallest absolute Gasteiger partial charge is 0.255 e. The van der Waals surface area contributed by atoms with Gasteiger partial charge < -0.3 is 10.1 Å². The van der Waals surface area contributed by atoms with Crippen LogP contribution in [0.15, 0.2) is 53.4 Å². The van der Waals surface area contributed by atoms with Crippen molar-refractivity contribution in [2.24, 2.45) is 0 Å². The number of hydrogen-bond acceptors (Lipinski definition) is 4. The monoisotopic (exact) mass is 388 g/mol. The Morgan fingerprint density at radius 2 is 1.81 bits per heavy atom. The van der Waals surface area contributed by atoms with E-state index in [1.54, 1.807) is 7.05 Å². The number of likely N-dealkylation sites (N-methyl/N-ethyl adjacent to an activating group) is 1. The fourth-order valence-corrected chi connectivity index (χ4v) is 4.17. The van der Waals surface area contributed by atoms with Gasteiger partial charge in [-0.15, -0.1) is 0 Å². The van der Waals surface area contributed by atoms with Crippen LogP contribution in [0.5, 0.6) is 0 Å². The van der Waals surface area contributed by atoms with Gasteiger partial charge in [0.1, 0.15) is 0 Å². The molecule has 1 saturated heterocycles. The van der Waals surface area contributed by atoms with E-state index in [0.29, 0.717) is 24.4 Å². The first-order valence-corrected chi connectivity index (χ1v) is 10.4. The quantitative estimate of drug-likeness (QED) is 0.825. The molecule has 0 bridgehead atoms. The summed E-state index contributed by atoms with van der Waals surface area (Å²) in [7, 11) is -2.06. The Labute approximate surface area is 160 Å². The largest absolute Gasteiger partial charge is 0.377 e. The van der Waals surface area contributed by atoms with Crippen molar-refractivity contribution in [3.05, 3.63) is 59.7 Å². The lowest BCUT2D eigenvalue weighted by molar-refractivity contribution is 0.0979. The van der Waals surface area contributed by atoms with Crippen LogP contribution in [0.3, 0.4) is 0 Å². The number of nitrogens with one attached hydrogen (secondary N) is 1. The minimum absolute atomic E-state index is 0.0515. The van der Waals surface area contributed by atoms with Crippen molar-refractivity contribution in [1.29, 1.82) is 0 Å². The Hall–Kier alpha value is -2.22. The molecular formula is C20H24N2O4S. The predicted molar refractivity (Wildman–Crippen MR) is 104 cm³/mol. The lowest BCUT2D eigenvalue weighted by atomic mass is 10.2. The molecule has 144 valence electrons. The van der Waals surface area contributed by atoms with Crippen LogP contribution in [-0.4, -0.2) is 44.9 Å². The zero-order chi connectivity index (χ0) is 19.4. The van der Waals surface area contributed by atoms with Crippen LogP contribution in [0.25, 0.3) is 0 Å². The Bertz CT molecular complexity index is 887. The summed E-state index contributed by atoms with van der Waals surface area (Å²) >= 11 is 0. The van der Waals surface area contributed by atoms with Gasteiger partial charge in [0.2, 0.25) is 10.0 Å². The molecule has 6 nitrogen and oxygen atoms in total. The first kappa shape index (κ1) is 19.5. The standard InChI is InChI=1S/C20H24N2O4S/c1-15-5-9-17(10-6-15)21-20(23)16-7-11-19(12-8-16)27(24,25)22(2)14-18-4-3-13-26-18/h5-12,18H,3-4,13-14H2,1-2H3,(H,21,23)/t18-/m0/s1. The van der Waals surface area contributed by atoms with E-state index < -0.39 is 10.0 Å². The molecule has 1 atom stereocenters. The molecule has 2 aromatic carbocycles. The number of anilines is 1. The highest BCUT2D eigenvalue weighted by atomic mass is 32.2. The summed E-state index contributed by atoms with van der Waals surface area (Å²) in [6.45, 7) is 2.99. The van der Waals surface area contributed by atoms with Crippen LogP contribution >= 0.6 is 0 Å². The van der Waals surface area contributed by atoms with Gasteiger partial charge >= 0.3 is 0 Å². The molecule has 0 unspecified atom stereocenters. The normalized spacial score (nSPS) is 17.2. The summed E-state index contributed by atoms with van der Waals surface area (Å²) < 4.78 is 32.2. The predicted octanol–water partition coefficient (Wildman–Crippen LogP) is 3.05. The molecule has 1 heterocycles. The fourth-order valence-electron chi connectivity index (χ4n) is 2.97. The second-order valence-electron chi connectivity index (χ2n) is 6.77. The third-order valence-electron chi connectivity index (χ3n) is 4.62. The van der Waals surface area contributed by atoms with E-state index in [1.807, 2.05) is 31.2 Å². The van der Waals surface area contributed by atoms with Gasteiger partial charge in [-0.05, 0) is 56.2 Å². The van der Waals surface area contributed by atoms with Crippen molar-refractivity contribution < 1.29 is 17.9 Å². The van der Waals surface area contributed by atoms with Crippen molar-refractivity contribution in [2.45, 2.75) is 30.8 Å². The van der Waals surface area contributed by atoms with Crippen LogP contribution in [-0.2, 0) is 14.8 Å². The van der Waals surface area contributed by atoms with Gasteiger partial charge in [0.15, 0.2) is 0 Å². The van der Waals surface area contributed by atoms with Crippen LogP contribution in [0, 0.1) is 6.92 Å². The summed E-state index contributed by atoms with van der Waals surface area (Å²) in [5.41, 5.74) is 2.20. The summed E-state index contributed by atoms with van der Waals surface area (Å²) in [4.78, 5) is 12.5. The van der Waals surface area contributed by atoms with Gasteiger partial charge in [0, 0.05) is 31.5 Å². The van der Waals surface area contributed by atoms with E-state index in [1.165, 1.54) is 28.6 Å². The number of amides is 1. The minimum Gasteiger partial charge on any atom is -0.377 e. The van der Waals surface area contributed by atoms with E-state index in [2.05, 4.69) is 5.32 Å². The van der Waals surface area contributed by atoms with E-state index >= 15 is 0 Å². The van der Waals surface area contributed by atoms with E-state index in [-0.39, 0.29) is 16.9 Å². The summed E-state index contributed by atoms with van der Waals surface area (Å²) in [5.74, 6) is -0.282. The molecule has 3 rings (SSSR count). The Morgan fingerprint density at radius 3 is 2.41 bits per heavy atom. The van der Waals surface area contributed by atoms with Crippen molar-refractivity contribution in [3.63, 3.8) is 0 Å². The highest BCUT2D eigenvalue weighted by Gasteiger charge is 2.26. The molecular weight excluding hydrogens is 364 g/mol. The van der Waals surface area contributed by atoms with Crippen LogP contribution in [0.2, 0.25) is 0 Å². The van der Waals surface area contributed by atoms with Crippen LogP contribution in [0.1, 0.15) is 28.8 Å². The molecule has 27 heavy (non-hydrogen) atoms. The third kappa shape index (κ3) is 4.74. The van der Waals surface area contributed by atoms with Gasteiger partial charge in [-0.3, -0.25) is 4.79 Å². The van der Waals surface area contributed by atoms with Gasteiger partial charge in [0.05, 0.1) is 11.0 Å². The molecule has 1 fully saturated rings. The van der Waals surface area contributed by atoms with E-state index in [4.69, 9.17) is 4.74 Å². The molecule has 0 saturated carbocycles. The SMILES string of the molecule is Cc1ccc(NC(=O)c2ccc(S(=O)(=O)N(C)C[C@@H]3CCCO3)cc2)cc1. The number of aryl methyl sites for hydroxylation is 1. The highest BCUT2D eigenvalue weighted by Crippen LogP contribution is 2.20. The van der Waals surface area contributed by atoms with Gasteiger partial charge in [-0.1, -0.05) is 17.7 Å². The molecule has 0 aliphatic carbocycles. The second kappa shape index (κ2) is 8.21. The second-order valence-corrected chi connectivity index (χ2v) is 8.81. The molecule has 1 aliphatic rings. The van der Waals surface area contributed by atoms with Crippen LogP contribution < -0.4 is 5.32 Å². The zero-order valence-electron chi connectivity index (χ0n) is 15.5. The first-order chi connectivity index (χ1) is 12.9. The Kier molecular flexibility index (Phi) is 5.94. The molecule has 0 radical (unpaired) electrons. The lowest BCUT2D eigenvalue weighted by Gasteiger charge is -2.20. The molecule has 0 aromatic heterocycles. The maximum Gasteiger partial charge on any atom is 0.255 e. The number of benzene rings is 2. The lowest BCUT2D eigenvalue weighted by Crippen LogP contribution is -2.34. The number of ether oxygens (including phenoxy) is 1. The van der Waals surface area contributed by atoms with E-state index in [9.17, 15) is 13.2 Å². The summed E-state index contributed by atoms with van der Waals surface area (Å²) in [5, 5.41) is 2.80. The first-order valence-electron chi connectivity index (χ1n) is 8.92. The third-order valence-corrected chi connectivity index (χ3v) is 6.46. The minimum atomic E-state index is -3.61. The number of nitrogens with zero attached hydrogens (tertiary/aromatic N) is 1. The zero-order valence-corrected chi connectivity index (χ0v) is 16.3. The maximum atomic E-state index is 12.7. The van der Waals surface area contributed by atoms with Gasteiger partial charge in [-0.2, -0.15) is 4.31 Å². The number of rotatable bonds is 6. The van der Waals surface area contributed by atoms with Gasteiger partial charge in [-0.25, -0.2) is 8.42 Å². The summed E-state index contributed by atoms with van der Waals surface area (Å²) in [6.07, 6.45) is 1.78.